The minimum Gasteiger partial charge on any atom is -0.383 e. The normalized spacial score (nSPS) is 16.4. The molecule has 0 aromatic heterocycles. The average molecular weight is 293 g/mol. The highest BCUT2D eigenvalue weighted by atomic mass is 19.1. The second-order valence-electron chi connectivity index (χ2n) is 5.60. The molecule has 1 fully saturated rings. The molecule has 1 aliphatic rings. The number of benzene rings is 1. The molecule has 116 valence electrons. The summed E-state index contributed by atoms with van der Waals surface area (Å²) in [6, 6.07) is 5.07. The number of carbonyl (C=O) groups excluding carboxylic acids is 1. The third-order valence-corrected chi connectivity index (χ3v) is 3.99. The van der Waals surface area contributed by atoms with E-state index in [1.807, 2.05) is 0 Å². The van der Waals surface area contributed by atoms with Gasteiger partial charge in [-0.2, -0.15) is 0 Å². The Morgan fingerprint density at radius 3 is 2.57 bits per heavy atom. The maximum absolute atomic E-state index is 13.6. The summed E-state index contributed by atoms with van der Waals surface area (Å²) in [6.45, 7) is 1.43. The molecular weight excluding hydrogens is 269 g/mol. The first kappa shape index (κ1) is 15.8. The Hall–Kier alpha value is -1.62. The van der Waals surface area contributed by atoms with Crippen molar-refractivity contribution in [2.45, 2.75) is 44.6 Å². The van der Waals surface area contributed by atoms with E-state index in [0.29, 0.717) is 18.3 Å². The molecule has 0 spiro atoms. The van der Waals surface area contributed by atoms with Gasteiger partial charge in [-0.3, -0.25) is 4.79 Å². The van der Waals surface area contributed by atoms with Crippen LogP contribution < -0.4 is 16.4 Å². The van der Waals surface area contributed by atoms with Crippen LogP contribution >= 0.6 is 0 Å². The molecule has 0 saturated heterocycles. The molecule has 21 heavy (non-hydrogen) atoms. The molecule has 5 heteroatoms. The fraction of sp³-hybridized carbons (Fsp3) is 0.562. The van der Waals surface area contributed by atoms with Crippen LogP contribution in [0, 0.1) is 5.82 Å². The lowest BCUT2D eigenvalue weighted by molar-refractivity contribution is 0.0997. The summed E-state index contributed by atoms with van der Waals surface area (Å²) in [4.78, 5) is 11.3. The Morgan fingerprint density at radius 2 is 1.90 bits per heavy atom. The number of amides is 1. The van der Waals surface area contributed by atoms with Gasteiger partial charge in [0.2, 0.25) is 0 Å². The van der Waals surface area contributed by atoms with E-state index >= 15 is 0 Å². The van der Waals surface area contributed by atoms with Gasteiger partial charge in [-0.1, -0.05) is 31.7 Å². The fourth-order valence-electron chi connectivity index (χ4n) is 2.88. The van der Waals surface area contributed by atoms with Crippen LogP contribution in [0.1, 0.15) is 48.9 Å². The van der Waals surface area contributed by atoms with Crippen molar-refractivity contribution in [1.82, 2.24) is 5.32 Å². The molecule has 0 radical (unpaired) electrons. The van der Waals surface area contributed by atoms with Crippen LogP contribution in [-0.2, 0) is 0 Å². The first-order valence-corrected chi connectivity index (χ1v) is 7.74. The fourth-order valence-corrected chi connectivity index (χ4v) is 2.88. The third-order valence-electron chi connectivity index (χ3n) is 3.99. The smallest absolute Gasteiger partial charge is 0.253 e. The summed E-state index contributed by atoms with van der Waals surface area (Å²) in [5.74, 6) is -1.32. The van der Waals surface area contributed by atoms with Crippen LogP contribution in [0.4, 0.5) is 10.1 Å². The molecule has 0 atom stereocenters. The van der Waals surface area contributed by atoms with Gasteiger partial charge in [-0.15, -0.1) is 0 Å². The van der Waals surface area contributed by atoms with Gasteiger partial charge in [0.25, 0.3) is 5.91 Å². The average Bonchev–Trinajstić information content (AvgIpc) is 2.72. The van der Waals surface area contributed by atoms with Gasteiger partial charge in [-0.25, -0.2) is 4.39 Å². The van der Waals surface area contributed by atoms with E-state index in [2.05, 4.69) is 10.6 Å². The Balaban J connectivity index is 1.80. The molecule has 1 aliphatic carbocycles. The number of carbonyl (C=O) groups is 1. The van der Waals surface area contributed by atoms with Crippen LogP contribution in [-0.4, -0.2) is 25.0 Å². The van der Waals surface area contributed by atoms with Crippen LogP contribution in [0.5, 0.6) is 0 Å². The van der Waals surface area contributed by atoms with Crippen molar-refractivity contribution in [3.8, 4) is 0 Å². The number of hydrogen-bond acceptors (Lipinski definition) is 3. The lowest BCUT2D eigenvalue weighted by atomic mass is 10.1. The lowest BCUT2D eigenvalue weighted by Crippen LogP contribution is -2.32. The minimum absolute atomic E-state index is 0.0630. The van der Waals surface area contributed by atoms with E-state index in [1.54, 1.807) is 12.1 Å². The van der Waals surface area contributed by atoms with Crippen molar-refractivity contribution in [3.05, 3.63) is 29.6 Å². The van der Waals surface area contributed by atoms with Crippen LogP contribution in [0.15, 0.2) is 18.2 Å². The number of rotatable bonds is 6. The molecule has 1 aromatic rings. The Morgan fingerprint density at radius 1 is 1.19 bits per heavy atom. The molecule has 0 aliphatic heterocycles. The highest BCUT2D eigenvalue weighted by Crippen LogP contribution is 2.18. The Labute approximate surface area is 125 Å². The van der Waals surface area contributed by atoms with Gasteiger partial charge >= 0.3 is 0 Å². The summed E-state index contributed by atoms with van der Waals surface area (Å²) in [5.41, 5.74) is 5.62. The first-order chi connectivity index (χ1) is 10.2. The molecule has 0 unspecified atom stereocenters. The zero-order valence-electron chi connectivity index (χ0n) is 12.3. The van der Waals surface area contributed by atoms with Crippen molar-refractivity contribution in [1.29, 1.82) is 0 Å². The topological polar surface area (TPSA) is 67.2 Å². The summed E-state index contributed by atoms with van der Waals surface area (Å²) < 4.78 is 13.6. The van der Waals surface area contributed by atoms with E-state index in [1.165, 1.54) is 44.6 Å². The number of hydrogen-bond donors (Lipinski definition) is 3. The second kappa shape index (κ2) is 7.98. The number of nitrogens with two attached hydrogens (primary N) is 1. The van der Waals surface area contributed by atoms with Crippen molar-refractivity contribution in [2.24, 2.45) is 5.73 Å². The van der Waals surface area contributed by atoms with Crippen molar-refractivity contribution in [3.63, 3.8) is 0 Å². The first-order valence-electron chi connectivity index (χ1n) is 7.74. The zero-order valence-corrected chi connectivity index (χ0v) is 12.3. The predicted octanol–water partition coefficient (Wildman–Crippen LogP) is 2.65. The lowest BCUT2D eigenvalue weighted by Gasteiger charge is -2.17. The molecule has 4 N–H and O–H groups in total. The predicted molar refractivity (Wildman–Crippen MR) is 82.9 cm³/mol. The highest BCUT2D eigenvalue weighted by Gasteiger charge is 2.14. The second-order valence-corrected chi connectivity index (χ2v) is 5.60. The van der Waals surface area contributed by atoms with Crippen LogP contribution in [0.25, 0.3) is 0 Å². The molecule has 4 nitrogen and oxygen atoms in total. The van der Waals surface area contributed by atoms with E-state index in [4.69, 9.17) is 5.73 Å². The quantitative estimate of drug-likeness (QED) is 0.558. The van der Waals surface area contributed by atoms with Gasteiger partial charge < -0.3 is 16.4 Å². The van der Waals surface area contributed by atoms with E-state index < -0.39 is 11.7 Å². The van der Waals surface area contributed by atoms with E-state index in [-0.39, 0.29) is 5.56 Å². The van der Waals surface area contributed by atoms with Gasteiger partial charge in [0.15, 0.2) is 0 Å². The number of anilines is 1. The Bertz CT molecular complexity index is 471. The highest BCUT2D eigenvalue weighted by molar-refractivity contribution is 5.98. The zero-order chi connectivity index (χ0) is 15.1. The van der Waals surface area contributed by atoms with E-state index in [0.717, 1.165) is 6.54 Å². The summed E-state index contributed by atoms with van der Waals surface area (Å²) in [7, 11) is 0. The third kappa shape index (κ3) is 4.70. The summed E-state index contributed by atoms with van der Waals surface area (Å²) >= 11 is 0. The summed E-state index contributed by atoms with van der Waals surface area (Å²) in [6.07, 6.45) is 7.71. The van der Waals surface area contributed by atoms with Gasteiger partial charge in [0, 0.05) is 24.8 Å². The van der Waals surface area contributed by atoms with Crippen molar-refractivity contribution in [2.75, 3.05) is 18.4 Å². The molecule has 1 saturated carbocycles. The maximum Gasteiger partial charge on any atom is 0.253 e. The number of primary amides is 1. The summed E-state index contributed by atoms with van der Waals surface area (Å²) in [5, 5.41) is 6.61. The molecule has 0 heterocycles. The number of nitrogens with one attached hydrogen (secondary N) is 2. The van der Waals surface area contributed by atoms with E-state index in [9.17, 15) is 9.18 Å². The molecular formula is C16H24FN3O. The number of halogens is 1. The maximum atomic E-state index is 13.6. The molecule has 1 aromatic carbocycles. The largest absolute Gasteiger partial charge is 0.383 e. The van der Waals surface area contributed by atoms with Crippen molar-refractivity contribution < 1.29 is 9.18 Å². The molecule has 0 bridgehead atoms. The Kier molecular flexibility index (Phi) is 5.99. The minimum atomic E-state index is -0.743. The van der Waals surface area contributed by atoms with Crippen LogP contribution in [0.3, 0.4) is 0 Å². The van der Waals surface area contributed by atoms with Crippen molar-refractivity contribution >= 4 is 11.6 Å². The van der Waals surface area contributed by atoms with Gasteiger partial charge in [-0.05, 0) is 25.0 Å². The SMILES string of the molecule is NC(=O)c1c(F)cccc1NCCNC1CCCCCC1. The van der Waals surface area contributed by atoms with Gasteiger partial charge in [0.05, 0.1) is 5.56 Å². The standard InChI is InChI=1S/C16H24FN3O/c17-13-8-5-9-14(15(13)16(18)21)20-11-10-19-12-6-3-1-2-4-7-12/h5,8-9,12,19-20H,1-4,6-7,10-11H2,(H2,18,21). The monoisotopic (exact) mass is 293 g/mol. The van der Waals surface area contributed by atoms with Gasteiger partial charge in [0.1, 0.15) is 5.82 Å². The molecule has 1 amide bonds. The van der Waals surface area contributed by atoms with Crippen LogP contribution in [0.2, 0.25) is 0 Å². The molecule has 2 rings (SSSR count).